The van der Waals surface area contributed by atoms with Gasteiger partial charge in [0.25, 0.3) is 0 Å². The number of rotatable bonds is 5. The van der Waals surface area contributed by atoms with Gasteiger partial charge in [0, 0.05) is 19.0 Å². The van der Waals surface area contributed by atoms with Crippen LogP contribution >= 0.6 is 0 Å². The van der Waals surface area contributed by atoms with Crippen LogP contribution < -0.4 is 4.74 Å². The van der Waals surface area contributed by atoms with Crippen LogP contribution in [0.3, 0.4) is 0 Å². The van der Waals surface area contributed by atoms with E-state index in [0.29, 0.717) is 12.5 Å². The van der Waals surface area contributed by atoms with Crippen LogP contribution in [0.1, 0.15) is 17.9 Å². The second-order valence-corrected chi connectivity index (χ2v) is 6.32. The van der Waals surface area contributed by atoms with Crippen molar-refractivity contribution in [1.29, 1.82) is 0 Å². The molecule has 0 radical (unpaired) electrons. The Kier molecular flexibility index (Phi) is 4.59. The molecule has 0 aliphatic carbocycles. The largest absolute Gasteiger partial charge is 0.457 e. The molecule has 0 saturated carbocycles. The molecule has 2 heterocycles. The number of amides is 1. The summed E-state index contributed by atoms with van der Waals surface area (Å²) in [5, 5.41) is 10.9. The van der Waals surface area contributed by atoms with Crippen molar-refractivity contribution in [3.8, 4) is 11.5 Å². The van der Waals surface area contributed by atoms with Gasteiger partial charge in [-0.2, -0.15) is 0 Å². The molecule has 7 heteroatoms. The van der Waals surface area contributed by atoms with Crippen molar-refractivity contribution in [2.24, 2.45) is 0 Å². The summed E-state index contributed by atoms with van der Waals surface area (Å²) in [5.41, 5.74) is 1.19. The topological polar surface area (TPSA) is 73.1 Å². The highest BCUT2D eigenvalue weighted by Gasteiger charge is 2.27. The minimum atomic E-state index is 0.0384. The molecule has 7 nitrogen and oxygen atoms in total. The lowest BCUT2D eigenvalue weighted by atomic mass is 9.98. The van der Waals surface area contributed by atoms with E-state index in [0.717, 1.165) is 24.5 Å². The van der Waals surface area contributed by atoms with E-state index in [-0.39, 0.29) is 12.5 Å². The maximum absolute atomic E-state index is 12.4. The Labute approximate surface area is 151 Å². The van der Waals surface area contributed by atoms with Gasteiger partial charge in [-0.05, 0) is 46.7 Å². The van der Waals surface area contributed by atoms with Crippen molar-refractivity contribution in [2.75, 3.05) is 13.1 Å². The molecule has 0 bridgehead atoms. The maximum atomic E-state index is 12.4. The van der Waals surface area contributed by atoms with Crippen LogP contribution in [0.5, 0.6) is 11.5 Å². The number of ether oxygens (including phenoxy) is 1. The van der Waals surface area contributed by atoms with Crippen molar-refractivity contribution >= 4 is 5.91 Å². The first-order valence-corrected chi connectivity index (χ1v) is 8.59. The van der Waals surface area contributed by atoms with Crippen LogP contribution in [0.25, 0.3) is 0 Å². The summed E-state index contributed by atoms with van der Waals surface area (Å²) in [6.45, 7) is 1.63. The Hall–Kier alpha value is -3.22. The van der Waals surface area contributed by atoms with Crippen molar-refractivity contribution in [3.63, 3.8) is 0 Å². The molecule has 1 amide bonds. The monoisotopic (exact) mass is 349 g/mol. The average molecular weight is 349 g/mol. The minimum absolute atomic E-state index is 0.0384. The molecule has 1 fully saturated rings. The van der Waals surface area contributed by atoms with Crippen molar-refractivity contribution in [1.82, 2.24) is 25.1 Å². The highest BCUT2D eigenvalue weighted by atomic mass is 16.5. The van der Waals surface area contributed by atoms with Crippen LogP contribution in [0.4, 0.5) is 0 Å². The standard InChI is InChI=1S/C19H19N5O2/c25-19(13-24-14-20-21-22-24)23-10-9-16(12-23)15-5-4-8-18(11-15)26-17-6-2-1-3-7-17/h1-8,11,14,16H,9-10,12-13H2. The molecule has 1 aliphatic rings. The number of tetrazole rings is 1. The second kappa shape index (κ2) is 7.35. The fourth-order valence-corrected chi connectivity index (χ4v) is 3.21. The van der Waals surface area contributed by atoms with Gasteiger partial charge in [-0.1, -0.05) is 30.3 Å². The molecular weight excluding hydrogens is 330 g/mol. The molecular formula is C19H19N5O2. The fourth-order valence-electron chi connectivity index (χ4n) is 3.21. The van der Waals surface area contributed by atoms with E-state index in [4.69, 9.17) is 4.74 Å². The van der Waals surface area contributed by atoms with Crippen LogP contribution in [0, 0.1) is 0 Å². The summed E-state index contributed by atoms with van der Waals surface area (Å²) < 4.78 is 7.37. The zero-order valence-corrected chi connectivity index (χ0v) is 14.2. The number of carbonyl (C=O) groups excluding carboxylic acids is 1. The van der Waals surface area contributed by atoms with Gasteiger partial charge in [0.05, 0.1) is 0 Å². The van der Waals surface area contributed by atoms with Gasteiger partial charge < -0.3 is 9.64 Å². The minimum Gasteiger partial charge on any atom is -0.457 e. The van der Waals surface area contributed by atoms with Crippen LogP contribution in [-0.2, 0) is 11.3 Å². The molecule has 0 N–H and O–H groups in total. The number of hydrogen-bond donors (Lipinski definition) is 0. The van der Waals surface area contributed by atoms with Crippen molar-refractivity contribution in [3.05, 3.63) is 66.5 Å². The number of carbonyl (C=O) groups is 1. The first-order chi connectivity index (χ1) is 12.8. The fraction of sp³-hybridized carbons (Fsp3) is 0.263. The Morgan fingerprint density at radius 3 is 2.77 bits per heavy atom. The molecule has 1 atom stereocenters. The van der Waals surface area contributed by atoms with Crippen molar-refractivity contribution < 1.29 is 9.53 Å². The number of nitrogens with zero attached hydrogens (tertiary/aromatic N) is 5. The first kappa shape index (κ1) is 16.3. The molecule has 2 aromatic carbocycles. The predicted molar refractivity (Wildman–Crippen MR) is 94.7 cm³/mol. The van der Waals surface area contributed by atoms with Crippen LogP contribution in [0.15, 0.2) is 60.9 Å². The SMILES string of the molecule is O=C(Cn1cnnn1)N1CCC(c2cccc(Oc3ccccc3)c2)C1. The van der Waals surface area contributed by atoms with Crippen molar-refractivity contribution in [2.45, 2.75) is 18.9 Å². The van der Waals surface area contributed by atoms with E-state index in [1.807, 2.05) is 47.4 Å². The summed E-state index contributed by atoms with van der Waals surface area (Å²) in [4.78, 5) is 14.3. The molecule has 1 aromatic heterocycles. The molecule has 0 spiro atoms. The third-order valence-electron chi connectivity index (χ3n) is 4.54. The van der Waals surface area contributed by atoms with E-state index in [1.54, 1.807) is 0 Å². The number of para-hydroxylation sites is 1. The van der Waals surface area contributed by atoms with Gasteiger partial charge in [-0.25, -0.2) is 4.68 Å². The lowest BCUT2D eigenvalue weighted by molar-refractivity contribution is -0.131. The molecule has 132 valence electrons. The van der Waals surface area contributed by atoms with E-state index < -0.39 is 0 Å². The summed E-state index contributed by atoms with van der Waals surface area (Å²) in [5.74, 6) is 1.98. The second-order valence-electron chi connectivity index (χ2n) is 6.32. The molecule has 3 aromatic rings. The zero-order valence-electron chi connectivity index (χ0n) is 14.2. The number of benzene rings is 2. The third-order valence-corrected chi connectivity index (χ3v) is 4.54. The smallest absolute Gasteiger partial charge is 0.244 e. The van der Waals surface area contributed by atoms with Gasteiger partial charge in [0.15, 0.2) is 0 Å². The number of likely N-dealkylation sites (tertiary alicyclic amines) is 1. The highest BCUT2D eigenvalue weighted by molar-refractivity contribution is 5.76. The van der Waals surface area contributed by atoms with Gasteiger partial charge in [0.2, 0.25) is 5.91 Å². The predicted octanol–water partition coefficient (Wildman–Crippen LogP) is 2.48. The van der Waals surface area contributed by atoms with E-state index in [9.17, 15) is 4.79 Å². The third kappa shape index (κ3) is 3.72. The van der Waals surface area contributed by atoms with Gasteiger partial charge in [-0.3, -0.25) is 4.79 Å². The summed E-state index contributed by atoms with van der Waals surface area (Å²) in [6, 6.07) is 17.8. The molecule has 26 heavy (non-hydrogen) atoms. The first-order valence-electron chi connectivity index (χ1n) is 8.59. The number of aromatic nitrogens is 4. The van der Waals surface area contributed by atoms with Gasteiger partial charge in [-0.15, -0.1) is 5.10 Å². The Morgan fingerprint density at radius 1 is 1.12 bits per heavy atom. The molecule has 4 rings (SSSR count). The Balaban J connectivity index is 1.40. The van der Waals surface area contributed by atoms with E-state index >= 15 is 0 Å². The van der Waals surface area contributed by atoms with E-state index in [2.05, 4.69) is 27.7 Å². The van der Waals surface area contributed by atoms with E-state index in [1.165, 1.54) is 16.6 Å². The van der Waals surface area contributed by atoms with Crippen LogP contribution in [0.2, 0.25) is 0 Å². The Morgan fingerprint density at radius 2 is 1.96 bits per heavy atom. The summed E-state index contributed by atoms with van der Waals surface area (Å²) >= 11 is 0. The zero-order chi connectivity index (χ0) is 17.8. The normalized spacial score (nSPS) is 16.6. The lowest BCUT2D eigenvalue weighted by Gasteiger charge is -2.17. The highest BCUT2D eigenvalue weighted by Crippen LogP contribution is 2.31. The maximum Gasteiger partial charge on any atom is 0.244 e. The molecule has 1 saturated heterocycles. The average Bonchev–Trinajstić information content (AvgIpc) is 3.35. The number of hydrogen-bond acceptors (Lipinski definition) is 5. The van der Waals surface area contributed by atoms with Gasteiger partial charge in [0.1, 0.15) is 24.4 Å². The Bertz CT molecular complexity index is 867. The quantitative estimate of drug-likeness (QED) is 0.707. The molecule has 1 unspecified atom stereocenters. The lowest BCUT2D eigenvalue weighted by Crippen LogP contribution is -2.31. The summed E-state index contributed by atoms with van der Waals surface area (Å²) in [6.07, 6.45) is 2.39. The van der Waals surface area contributed by atoms with Gasteiger partial charge >= 0.3 is 0 Å². The molecule has 1 aliphatic heterocycles. The summed E-state index contributed by atoms with van der Waals surface area (Å²) in [7, 11) is 0. The van der Waals surface area contributed by atoms with Crippen LogP contribution in [-0.4, -0.2) is 44.1 Å².